The third-order valence-electron chi connectivity index (χ3n) is 3.44. The van der Waals surface area contributed by atoms with Crippen LogP contribution in [0.1, 0.15) is 23.7 Å². The van der Waals surface area contributed by atoms with Crippen LogP contribution in [-0.4, -0.2) is 35.0 Å². The number of halogens is 2. The van der Waals surface area contributed by atoms with Crippen molar-refractivity contribution >= 4 is 23.5 Å². The molecule has 0 saturated carbocycles. The number of hydrogen-bond acceptors (Lipinski definition) is 2. The number of carboxylic acid groups (broad SMARTS) is 1. The lowest BCUT2D eigenvalue weighted by molar-refractivity contribution is -0.147. The van der Waals surface area contributed by atoms with Gasteiger partial charge in [-0.05, 0) is 31.5 Å². The average molecular weight is 286 g/mol. The molecule has 1 atom stereocenters. The minimum atomic E-state index is -0.930. The van der Waals surface area contributed by atoms with Gasteiger partial charge in [0, 0.05) is 18.7 Å². The number of likely N-dealkylation sites (tertiary alicyclic amines) is 1. The predicted octanol–water partition coefficient (Wildman–Crippen LogP) is 2.42. The Bertz CT molecular complexity index is 549. The summed E-state index contributed by atoms with van der Waals surface area (Å²) in [6, 6.07) is 3.82. The normalized spacial score (nSPS) is 22.6. The lowest BCUT2D eigenvalue weighted by Crippen LogP contribution is -2.34. The average Bonchev–Trinajstić information content (AvgIpc) is 2.76. The maximum absolute atomic E-state index is 13.3. The van der Waals surface area contributed by atoms with Crippen LogP contribution in [0.5, 0.6) is 0 Å². The van der Waals surface area contributed by atoms with Crippen LogP contribution in [0.4, 0.5) is 4.39 Å². The van der Waals surface area contributed by atoms with Gasteiger partial charge in [0.15, 0.2) is 0 Å². The lowest BCUT2D eigenvalue weighted by atomic mass is 9.90. The van der Waals surface area contributed by atoms with Crippen molar-refractivity contribution in [2.24, 2.45) is 5.41 Å². The quantitative estimate of drug-likeness (QED) is 0.908. The molecular weight excluding hydrogens is 273 g/mol. The molecule has 1 aliphatic heterocycles. The largest absolute Gasteiger partial charge is 0.481 e. The van der Waals surface area contributed by atoms with Crippen molar-refractivity contribution in [1.82, 2.24) is 4.90 Å². The molecule has 0 aliphatic carbocycles. The minimum Gasteiger partial charge on any atom is -0.481 e. The molecule has 2 rings (SSSR count). The van der Waals surface area contributed by atoms with Crippen LogP contribution in [0, 0.1) is 11.2 Å². The molecule has 1 aromatic carbocycles. The van der Waals surface area contributed by atoms with Crippen LogP contribution < -0.4 is 0 Å². The molecule has 1 fully saturated rings. The fourth-order valence-corrected chi connectivity index (χ4v) is 2.24. The molecule has 6 heteroatoms. The van der Waals surface area contributed by atoms with Crippen LogP contribution in [-0.2, 0) is 4.79 Å². The van der Waals surface area contributed by atoms with Crippen LogP contribution >= 0.6 is 11.6 Å². The molecule has 0 spiro atoms. The number of carbonyl (C=O) groups is 2. The summed E-state index contributed by atoms with van der Waals surface area (Å²) in [4.78, 5) is 24.7. The highest BCUT2D eigenvalue weighted by molar-refractivity contribution is 6.30. The van der Waals surface area contributed by atoms with Crippen molar-refractivity contribution in [2.45, 2.75) is 13.3 Å². The summed E-state index contributed by atoms with van der Waals surface area (Å²) in [5.74, 6) is -1.96. The van der Waals surface area contributed by atoms with Crippen LogP contribution in [0.25, 0.3) is 0 Å². The Kier molecular flexibility index (Phi) is 3.49. The molecule has 1 aromatic rings. The molecule has 1 saturated heterocycles. The van der Waals surface area contributed by atoms with Crippen LogP contribution in [0.15, 0.2) is 18.2 Å². The Balaban J connectivity index is 2.18. The molecule has 0 radical (unpaired) electrons. The minimum absolute atomic E-state index is 0.0478. The summed E-state index contributed by atoms with van der Waals surface area (Å²) in [5, 5.41) is 9.06. The molecule has 1 N–H and O–H groups in total. The molecule has 19 heavy (non-hydrogen) atoms. The zero-order chi connectivity index (χ0) is 14.2. The standard InChI is InChI=1S/C13H13ClFNO3/c1-13(12(18)19)4-5-16(7-13)11(17)8-2-3-9(14)10(15)6-8/h2-3,6H,4-5,7H2,1H3,(H,18,19). The lowest BCUT2D eigenvalue weighted by Gasteiger charge is -2.20. The smallest absolute Gasteiger partial charge is 0.311 e. The Labute approximate surface area is 114 Å². The van der Waals surface area contributed by atoms with Crippen molar-refractivity contribution in [1.29, 1.82) is 0 Å². The summed E-state index contributed by atoms with van der Waals surface area (Å²) in [6.45, 7) is 2.09. The van der Waals surface area contributed by atoms with Gasteiger partial charge >= 0.3 is 5.97 Å². The van der Waals surface area contributed by atoms with Gasteiger partial charge in [-0.15, -0.1) is 0 Å². The van der Waals surface area contributed by atoms with Gasteiger partial charge in [-0.25, -0.2) is 4.39 Å². The van der Waals surface area contributed by atoms with E-state index in [-0.39, 0.29) is 23.0 Å². The van der Waals surface area contributed by atoms with Gasteiger partial charge in [0.25, 0.3) is 5.91 Å². The van der Waals surface area contributed by atoms with Crippen molar-refractivity contribution in [3.63, 3.8) is 0 Å². The number of amides is 1. The van der Waals surface area contributed by atoms with Crippen molar-refractivity contribution in [2.75, 3.05) is 13.1 Å². The van der Waals surface area contributed by atoms with Crippen LogP contribution in [0.3, 0.4) is 0 Å². The zero-order valence-electron chi connectivity index (χ0n) is 10.3. The predicted molar refractivity (Wildman–Crippen MR) is 67.7 cm³/mol. The molecule has 0 aromatic heterocycles. The maximum atomic E-state index is 13.3. The Morgan fingerprint density at radius 2 is 2.16 bits per heavy atom. The maximum Gasteiger partial charge on any atom is 0.311 e. The Hall–Kier alpha value is -1.62. The highest BCUT2D eigenvalue weighted by atomic mass is 35.5. The first-order chi connectivity index (χ1) is 8.83. The highest BCUT2D eigenvalue weighted by Crippen LogP contribution is 2.31. The van der Waals surface area contributed by atoms with Gasteiger partial charge in [-0.2, -0.15) is 0 Å². The second-order valence-electron chi connectivity index (χ2n) is 4.97. The van der Waals surface area contributed by atoms with E-state index in [9.17, 15) is 14.0 Å². The number of carbonyl (C=O) groups excluding carboxylic acids is 1. The van der Waals surface area contributed by atoms with Gasteiger partial charge in [-0.1, -0.05) is 11.6 Å². The fourth-order valence-electron chi connectivity index (χ4n) is 2.12. The van der Waals surface area contributed by atoms with Crippen molar-refractivity contribution < 1.29 is 19.1 Å². The van der Waals surface area contributed by atoms with Crippen LogP contribution in [0.2, 0.25) is 5.02 Å². The molecular formula is C13H13ClFNO3. The van der Waals surface area contributed by atoms with E-state index in [1.165, 1.54) is 17.0 Å². The SMILES string of the molecule is CC1(C(=O)O)CCN(C(=O)c2ccc(Cl)c(F)c2)C1. The second kappa shape index (κ2) is 4.81. The van der Waals surface area contributed by atoms with E-state index in [1.54, 1.807) is 6.92 Å². The molecule has 0 bridgehead atoms. The fraction of sp³-hybridized carbons (Fsp3) is 0.385. The summed E-state index contributed by atoms with van der Waals surface area (Å²) >= 11 is 5.55. The summed E-state index contributed by atoms with van der Waals surface area (Å²) < 4.78 is 13.3. The number of aliphatic carboxylic acids is 1. The molecule has 4 nitrogen and oxygen atoms in total. The molecule has 1 heterocycles. The first kappa shape index (κ1) is 13.8. The topological polar surface area (TPSA) is 57.6 Å². The number of hydrogen-bond donors (Lipinski definition) is 1. The van der Waals surface area contributed by atoms with Gasteiger partial charge < -0.3 is 10.0 Å². The van der Waals surface area contributed by atoms with E-state index < -0.39 is 17.2 Å². The first-order valence-corrected chi connectivity index (χ1v) is 6.19. The number of nitrogens with zero attached hydrogens (tertiary/aromatic N) is 1. The third-order valence-corrected chi connectivity index (χ3v) is 3.75. The number of rotatable bonds is 2. The van der Waals surface area contributed by atoms with Crippen molar-refractivity contribution in [3.8, 4) is 0 Å². The van der Waals surface area contributed by atoms with E-state index in [2.05, 4.69) is 0 Å². The Morgan fingerprint density at radius 1 is 1.47 bits per heavy atom. The highest BCUT2D eigenvalue weighted by Gasteiger charge is 2.42. The summed E-state index contributed by atoms with van der Waals surface area (Å²) in [7, 11) is 0. The molecule has 102 valence electrons. The monoisotopic (exact) mass is 285 g/mol. The molecule has 1 unspecified atom stereocenters. The Morgan fingerprint density at radius 3 is 2.68 bits per heavy atom. The van der Waals surface area contributed by atoms with Gasteiger partial charge in [-0.3, -0.25) is 9.59 Å². The summed E-state index contributed by atoms with van der Waals surface area (Å²) in [6.07, 6.45) is 0.393. The van der Waals surface area contributed by atoms with E-state index in [0.717, 1.165) is 6.07 Å². The van der Waals surface area contributed by atoms with Crippen molar-refractivity contribution in [3.05, 3.63) is 34.6 Å². The second-order valence-corrected chi connectivity index (χ2v) is 5.38. The van der Waals surface area contributed by atoms with Gasteiger partial charge in [0.1, 0.15) is 5.82 Å². The molecule has 1 aliphatic rings. The van der Waals surface area contributed by atoms with E-state index in [4.69, 9.17) is 16.7 Å². The first-order valence-electron chi connectivity index (χ1n) is 5.81. The number of carboxylic acids is 1. The number of benzene rings is 1. The van der Waals surface area contributed by atoms with Gasteiger partial charge in [0.2, 0.25) is 0 Å². The van der Waals surface area contributed by atoms with E-state index >= 15 is 0 Å². The zero-order valence-corrected chi connectivity index (χ0v) is 11.1. The molecule has 1 amide bonds. The van der Waals surface area contributed by atoms with E-state index in [1.807, 2.05) is 0 Å². The summed E-state index contributed by atoms with van der Waals surface area (Å²) in [5.41, 5.74) is -0.753. The van der Waals surface area contributed by atoms with Gasteiger partial charge in [0.05, 0.1) is 10.4 Å². The third kappa shape index (κ3) is 2.56. The van der Waals surface area contributed by atoms with E-state index in [0.29, 0.717) is 13.0 Å².